The van der Waals surface area contributed by atoms with Crippen molar-refractivity contribution in [3.8, 4) is 0 Å². The summed E-state index contributed by atoms with van der Waals surface area (Å²) in [5, 5.41) is 23.2. The zero-order valence-electron chi connectivity index (χ0n) is 15.7. The monoisotopic (exact) mass is 480 g/mol. The topological polar surface area (TPSA) is 106 Å². The molecule has 1 saturated heterocycles. The van der Waals surface area contributed by atoms with Crippen molar-refractivity contribution in [2.75, 3.05) is 29.1 Å². The number of thioether (sulfide) groups is 1. The highest BCUT2D eigenvalue weighted by molar-refractivity contribution is 9.10. The van der Waals surface area contributed by atoms with Crippen LogP contribution < -0.4 is 10.2 Å². The van der Waals surface area contributed by atoms with Gasteiger partial charge in [0.05, 0.1) is 16.4 Å². The summed E-state index contributed by atoms with van der Waals surface area (Å²) in [5.41, 5.74) is 0.464. The highest BCUT2D eigenvalue weighted by atomic mass is 79.9. The van der Waals surface area contributed by atoms with Crippen LogP contribution in [-0.2, 0) is 4.79 Å². The average Bonchev–Trinajstić information content (AvgIpc) is 3.47. The number of benzene rings is 1. The van der Waals surface area contributed by atoms with Crippen LogP contribution in [0.3, 0.4) is 0 Å². The predicted octanol–water partition coefficient (Wildman–Crippen LogP) is 4.00. The first-order valence-corrected chi connectivity index (χ1v) is 11.4. The Balaban J connectivity index is 1.40. The summed E-state index contributed by atoms with van der Waals surface area (Å²) >= 11 is 4.64. The van der Waals surface area contributed by atoms with E-state index >= 15 is 0 Å². The van der Waals surface area contributed by atoms with Crippen LogP contribution in [0.5, 0.6) is 0 Å². The zero-order valence-corrected chi connectivity index (χ0v) is 18.1. The molecule has 1 aliphatic carbocycles. The highest BCUT2D eigenvalue weighted by Crippen LogP contribution is 2.41. The van der Waals surface area contributed by atoms with Crippen molar-refractivity contribution in [1.82, 2.24) is 14.8 Å². The standard InChI is InChI=1S/C18H21BrN6O3S/c19-14-10-13(25(27)28)6-7-15(14)20-16(26)11-29-18-22-21-17(24(18)12-4-5-12)23-8-2-1-3-9-23/h6-7,10,12H,1-5,8-9,11H2,(H,20,26). The van der Waals surface area contributed by atoms with E-state index in [-0.39, 0.29) is 17.3 Å². The normalized spacial score (nSPS) is 16.7. The molecule has 1 amide bonds. The molecule has 1 aromatic heterocycles. The molecule has 2 heterocycles. The number of hydrogen-bond acceptors (Lipinski definition) is 7. The van der Waals surface area contributed by atoms with Gasteiger partial charge in [0.15, 0.2) is 5.16 Å². The van der Waals surface area contributed by atoms with Gasteiger partial charge in [0, 0.05) is 35.7 Å². The third kappa shape index (κ3) is 4.72. The van der Waals surface area contributed by atoms with Crippen LogP contribution in [-0.4, -0.2) is 44.4 Å². The molecule has 0 spiro atoms. The Morgan fingerprint density at radius 2 is 2.03 bits per heavy atom. The first-order chi connectivity index (χ1) is 14.0. The summed E-state index contributed by atoms with van der Waals surface area (Å²) in [4.78, 5) is 25.1. The molecule has 29 heavy (non-hydrogen) atoms. The number of nitrogens with zero attached hydrogens (tertiary/aromatic N) is 5. The number of anilines is 2. The lowest BCUT2D eigenvalue weighted by Crippen LogP contribution is -2.32. The van der Waals surface area contributed by atoms with Gasteiger partial charge in [-0.3, -0.25) is 19.5 Å². The number of hydrogen-bond donors (Lipinski definition) is 1. The molecule has 11 heteroatoms. The maximum atomic E-state index is 12.4. The Morgan fingerprint density at radius 1 is 1.28 bits per heavy atom. The van der Waals surface area contributed by atoms with Gasteiger partial charge in [-0.2, -0.15) is 0 Å². The number of amides is 1. The Labute approximate surface area is 180 Å². The minimum Gasteiger partial charge on any atom is -0.341 e. The third-order valence-electron chi connectivity index (χ3n) is 4.97. The van der Waals surface area contributed by atoms with Crippen LogP contribution >= 0.6 is 27.7 Å². The van der Waals surface area contributed by atoms with Gasteiger partial charge in [-0.25, -0.2) is 0 Å². The van der Waals surface area contributed by atoms with Crippen LogP contribution in [0.15, 0.2) is 27.8 Å². The summed E-state index contributed by atoms with van der Waals surface area (Å²) in [6.45, 7) is 2.01. The number of aromatic nitrogens is 3. The summed E-state index contributed by atoms with van der Waals surface area (Å²) in [7, 11) is 0. The van der Waals surface area contributed by atoms with Crippen molar-refractivity contribution in [1.29, 1.82) is 0 Å². The van der Waals surface area contributed by atoms with Crippen LogP contribution in [0.4, 0.5) is 17.3 Å². The molecule has 1 saturated carbocycles. The Kier molecular flexibility index (Phi) is 6.04. The zero-order chi connectivity index (χ0) is 20.4. The molecule has 4 rings (SSSR count). The van der Waals surface area contributed by atoms with E-state index in [1.807, 2.05) is 0 Å². The maximum Gasteiger partial charge on any atom is 0.270 e. The summed E-state index contributed by atoms with van der Waals surface area (Å²) in [6.07, 6.45) is 5.84. The van der Waals surface area contributed by atoms with Gasteiger partial charge in [-0.15, -0.1) is 10.2 Å². The van der Waals surface area contributed by atoms with E-state index in [1.165, 1.54) is 49.2 Å². The maximum absolute atomic E-state index is 12.4. The fraction of sp³-hybridized carbons (Fsp3) is 0.500. The van der Waals surface area contributed by atoms with Crippen molar-refractivity contribution in [2.24, 2.45) is 0 Å². The van der Waals surface area contributed by atoms with Crippen molar-refractivity contribution in [3.05, 3.63) is 32.8 Å². The summed E-state index contributed by atoms with van der Waals surface area (Å²) < 4.78 is 2.66. The van der Waals surface area contributed by atoms with Crippen molar-refractivity contribution >= 4 is 50.9 Å². The van der Waals surface area contributed by atoms with E-state index in [1.54, 1.807) is 0 Å². The molecule has 1 N–H and O–H groups in total. The van der Waals surface area contributed by atoms with Gasteiger partial charge in [0.1, 0.15) is 0 Å². The minimum absolute atomic E-state index is 0.0352. The van der Waals surface area contributed by atoms with Crippen LogP contribution in [0.2, 0.25) is 0 Å². The van der Waals surface area contributed by atoms with Crippen molar-refractivity contribution < 1.29 is 9.72 Å². The van der Waals surface area contributed by atoms with Gasteiger partial charge in [0.2, 0.25) is 11.9 Å². The Bertz CT molecular complexity index is 926. The highest BCUT2D eigenvalue weighted by Gasteiger charge is 2.32. The van der Waals surface area contributed by atoms with Gasteiger partial charge in [-0.05, 0) is 54.1 Å². The molecule has 154 valence electrons. The van der Waals surface area contributed by atoms with E-state index in [0.29, 0.717) is 16.2 Å². The van der Waals surface area contributed by atoms with Crippen LogP contribution in [0, 0.1) is 10.1 Å². The fourth-order valence-electron chi connectivity index (χ4n) is 3.36. The molecule has 0 bridgehead atoms. The van der Waals surface area contributed by atoms with Gasteiger partial charge in [-0.1, -0.05) is 11.8 Å². The van der Waals surface area contributed by atoms with E-state index in [2.05, 4.69) is 40.9 Å². The molecular weight excluding hydrogens is 460 g/mol. The SMILES string of the molecule is O=C(CSc1nnc(N2CCCCC2)n1C1CC1)Nc1ccc([N+](=O)[O-])cc1Br. The van der Waals surface area contributed by atoms with E-state index in [4.69, 9.17) is 0 Å². The number of carbonyl (C=O) groups is 1. The number of non-ortho nitro benzene ring substituents is 1. The van der Waals surface area contributed by atoms with Crippen LogP contribution in [0.1, 0.15) is 38.1 Å². The number of rotatable bonds is 7. The van der Waals surface area contributed by atoms with E-state index in [0.717, 1.165) is 37.0 Å². The second-order valence-electron chi connectivity index (χ2n) is 7.19. The first kappa shape index (κ1) is 20.1. The second kappa shape index (κ2) is 8.70. The smallest absolute Gasteiger partial charge is 0.270 e. The average molecular weight is 481 g/mol. The Hall–Kier alpha value is -2.14. The largest absolute Gasteiger partial charge is 0.341 e. The molecule has 0 atom stereocenters. The van der Waals surface area contributed by atoms with Crippen molar-refractivity contribution in [2.45, 2.75) is 43.3 Å². The molecule has 2 fully saturated rings. The van der Waals surface area contributed by atoms with E-state index < -0.39 is 4.92 Å². The second-order valence-corrected chi connectivity index (χ2v) is 8.99. The van der Waals surface area contributed by atoms with Crippen molar-refractivity contribution in [3.63, 3.8) is 0 Å². The van der Waals surface area contributed by atoms with E-state index in [9.17, 15) is 14.9 Å². The molecule has 1 aromatic carbocycles. The molecule has 2 aromatic rings. The molecule has 2 aliphatic rings. The van der Waals surface area contributed by atoms with Crippen LogP contribution in [0.25, 0.3) is 0 Å². The number of nitro benzene ring substituents is 1. The summed E-state index contributed by atoms with van der Waals surface area (Å²) in [6, 6.07) is 4.68. The predicted molar refractivity (Wildman–Crippen MR) is 115 cm³/mol. The molecular formula is C18H21BrN6O3S. The van der Waals surface area contributed by atoms with Gasteiger partial charge < -0.3 is 10.2 Å². The van der Waals surface area contributed by atoms with Gasteiger partial charge in [0.25, 0.3) is 5.69 Å². The number of piperidine rings is 1. The number of carbonyl (C=O) groups excluding carboxylic acids is 1. The molecule has 9 nitrogen and oxygen atoms in total. The molecule has 0 radical (unpaired) electrons. The lowest BCUT2D eigenvalue weighted by Gasteiger charge is -2.27. The lowest BCUT2D eigenvalue weighted by molar-refractivity contribution is -0.384. The summed E-state index contributed by atoms with van der Waals surface area (Å²) in [5.74, 6) is 0.913. The number of nitro groups is 1. The minimum atomic E-state index is -0.475. The lowest BCUT2D eigenvalue weighted by atomic mass is 10.1. The Morgan fingerprint density at radius 3 is 2.69 bits per heavy atom. The quantitative estimate of drug-likeness (QED) is 0.362. The third-order valence-corrected chi connectivity index (χ3v) is 6.57. The fourth-order valence-corrected chi connectivity index (χ4v) is 4.63. The first-order valence-electron chi connectivity index (χ1n) is 9.59. The molecule has 0 unspecified atom stereocenters. The number of halogens is 1. The van der Waals surface area contributed by atoms with Gasteiger partial charge >= 0.3 is 0 Å². The number of nitrogens with one attached hydrogen (secondary N) is 1. The molecule has 1 aliphatic heterocycles.